The second-order valence-electron chi connectivity index (χ2n) is 3.78. The minimum absolute atomic E-state index is 0. The van der Waals surface area contributed by atoms with Crippen molar-refractivity contribution in [3.63, 3.8) is 0 Å². The molecule has 5 nitrogen and oxygen atoms in total. The summed E-state index contributed by atoms with van der Waals surface area (Å²) in [5.74, 6) is 1.01. The molecule has 0 saturated heterocycles. The number of nitrogens with zero attached hydrogens (tertiary/aromatic N) is 4. The van der Waals surface area contributed by atoms with Crippen molar-refractivity contribution in [2.75, 3.05) is 26.7 Å². The molecule has 1 aliphatic heterocycles. The molecule has 0 amide bonds. The van der Waals surface area contributed by atoms with E-state index in [-0.39, 0.29) is 24.0 Å². The number of guanidine groups is 1. The maximum Gasteiger partial charge on any atom is 0.193 e. The molecule has 1 aromatic heterocycles. The highest BCUT2D eigenvalue weighted by molar-refractivity contribution is 14.0. The summed E-state index contributed by atoms with van der Waals surface area (Å²) in [4.78, 5) is 6.50. The van der Waals surface area contributed by atoms with Gasteiger partial charge in [0, 0.05) is 39.8 Å². The van der Waals surface area contributed by atoms with E-state index in [0.717, 1.165) is 37.7 Å². The Morgan fingerprint density at radius 1 is 1.44 bits per heavy atom. The normalized spacial score (nSPS) is 14.6. The van der Waals surface area contributed by atoms with Gasteiger partial charge in [-0.3, -0.25) is 9.67 Å². The number of aryl methyl sites for hydroxylation is 1. The van der Waals surface area contributed by atoms with Crippen LogP contribution in [0.1, 0.15) is 5.69 Å². The van der Waals surface area contributed by atoms with Crippen LogP contribution in [0, 0.1) is 0 Å². The number of hydrogen-bond acceptors (Lipinski definition) is 4. The molecule has 1 aromatic rings. The van der Waals surface area contributed by atoms with E-state index in [9.17, 15) is 0 Å². The average molecular weight is 335 g/mol. The summed E-state index contributed by atoms with van der Waals surface area (Å²) in [6.45, 7) is 2.81. The van der Waals surface area contributed by atoms with Crippen LogP contribution < -0.4 is 5.32 Å². The van der Waals surface area contributed by atoms with Crippen LogP contribution in [0.5, 0.6) is 0 Å². The fraction of sp³-hybridized carbons (Fsp3) is 0.600. The van der Waals surface area contributed by atoms with Crippen molar-refractivity contribution < 1.29 is 0 Å². The molecule has 16 heavy (non-hydrogen) atoms. The van der Waals surface area contributed by atoms with E-state index in [1.807, 2.05) is 24.0 Å². The lowest BCUT2D eigenvalue weighted by atomic mass is 10.3. The first-order valence-electron chi connectivity index (χ1n) is 5.24. The third kappa shape index (κ3) is 3.36. The van der Waals surface area contributed by atoms with Gasteiger partial charge in [0.1, 0.15) is 0 Å². The number of nitrogens with one attached hydrogen (secondary N) is 1. The number of hydrogen-bond donors (Lipinski definition) is 1. The van der Waals surface area contributed by atoms with Gasteiger partial charge in [0.25, 0.3) is 0 Å². The third-order valence-electron chi connectivity index (χ3n) is 2.49. The Labute approximate surface area is 113 Å². The molecule has 90 valence electrons. The van der Waals surface area contributed by atoms with Gasteiger partial charge >= 0.3 is 0 Å². The molecular formula is C10H18IN5. The van der Waals surface area contributed by atoms with Crippen LogP contribution in [-0.4, -0.2) is 47.3 Å². The van der Waals surface area contributed by atoms with Gasteiger partial charge in [0.05, 0.1) is 12.2 Å². The van der Waals surface area contributed by atoms with Crippen molar-refractivity contribution >= 4 is 29.9 Å². The zero-order valence-electron chi connectivity index (χ0n) is 9.68. The molecular weight excluding hydrogens is 317 g/mol. The molecule has 2 rings (SSSR count). The number of halogens is 1. The van der Waals surface area contributed by atoms with Crippen LogP contribution in [0.3, 0.4) is 0 Å². The van der Waals surface area contributed by atoms with Gasteiger partial charge in [-0.25, -0.2) is 0 Å². The number of likely N-dealkylation sites (N-methyl/N-ethyl adjacent to an activating group) is 1. The first-order valence-corrected chi connectivity index (χ1v) is 5.24. The molecule has 0 aliphatic carbocycles. The molecule has 1 N–H and O–H groups in total. The van der Waals surface area contributed by atoms with Crippen molar-refractivity contribution in [1.82, 2.24) is 20.0 Å². The summed E-state index contributed by atoms with van der Waals surface area (Å²) in [6, 6.07) is 2.04. The van der Waals surface area contributed by atoms with Crippen molar-refractivity contribution in [2.24, 2.45) is 12.0 Å². The first kappa shape index (κ1) is 13.3. The Hall–Kier alpha value is -0.790. The minimum atomic E-state index is 0. The summed E-state index contributed by atoms with van der Waals surface area (Å²) < 4.78 is 1.83. The van der Waals surface area contributed by atoms with Crippen molar-refractivity contribution in [3.8, 4) is 0 Å². The lowest BCUT2D eigenvalue weighted by Gasteiger charge is -2.14. The smallest absolute Gasteiger partial charge is 0.193 e. The highest BCUT2D eigenvalue weighted by Crippen LogP contribution is 1.97. The number of aliphatic imine (C=N–C) groups is 1. The second-order valence-corrected chi connectivity index (χ2v) is 3.78. The first-order chi connectivity index (χ1) is 7.25. The van der Waals surface area contributed by atoms with Crippen LogP contribution >= 0.6 is 24.0 Å². The Balaban J connectivity index is 0.00000128. The van der Waals surface area contributed by atoms with E-state index in [0.29, 0.717) is 0 Å². The predicted molar refractivity (Wildman–Crippen MR) is 75.3 cm³/mol. The fourth-order valence-electron chi connectivity index (χ4n) is 1.62. The molecule has 6 heteroatoms. The van der Waals surface area contributed by atoms with Gasteiger partial charge in [-0.1, -0.05) is 0 Å². The third-order valence-corrected chi connectivity index (χ3v) is 2.49. The monoisotopic (exact) mass is 335 g/mol. The van der Waals surface area contributed by atoms with Crippen LogP contribution in [0.25, 0.3) is 0 Å². The predicted octanol–water partition coefficient (Wildman–Crippen LogP) is 0.472. The lowest BCUT2D eigenvalue weighted by molar-refractivity contribution is 0.534. The van der Waals surface area contributed by atoms with Crippen molar-refractivity contribution in [3.05, 3.63) is 18.0 Å². The average Bonchev–Trinajstić information content (AvgIpc) is 2.77. The minimum Gasteiger partial charge on any atom is -0.356 e. The van der Waals surface area contributed by atoms with E-state index in [1.54, 1.807) is 0 Å². The van der Waals surface area contributed by atoms with Gasteiger partial charge in [0.15, 0.2) is 5.96 Å². The van der Waals surface area contributed by atoms with Crippen LogP contribution in [0.4, 0.5) is 0 Å². The van der Waals surface area contributed by atoms with E-state index in [1.165, 1.54) is 0 Å². The molecule has 1 aliphatic rings. The maximum atomic E-state index is 4.36. The summed E-state index contributed by atoms with van der Waals surface area (Å²) in [6.07, 6.45) is 2.91. The van der Waals surface area contributed by atoms with Gasteiger partial charge in [-0.05, 0) is 6.07 Å². The number of rotatable bonds is 3. The van der Waals surface area contributed by atoms with E-state index >= 15 is 0 Å². The molecule has 0 aromatic carbocycles. The van der Waals surface area contributed by atoms with E-state index < -0.39 is 0 Å². The summed E-state index contributed by atoms with van der Waals surface area (Å²) in [5, 5.41) is 7.63. The molecule has 0 atom stereocenters. The van der Waals surface area contributed by atoms with Crippen LogP contribution in [-0.2, 0) is 13.5 Å². The van der Waals surface area contributed by atoms with Crippen LogP contribution in [0.2, 0.25) is 0 Å². The van der Waals surface area contributed by atoms with Gasteiger partial charge < -0.3 is 10.2 Å². The highest BCUT2D eigenvalue weighted by atomic mass is 127. The fourth-order valence-corrected chi connectivity index (χ4v) is 1.62. The maximum absolute atomic E-state index is 4.36. The van der Waals surface area contributed by atoms with E-state index in [4.69, 9.17) is 0 Å². The number of aromatic nitrogens is 2. The second kappa shape index (κ2) is 6.07. The Bertz CT molecular complexity index is 360. The van der Waals surface area contributed by atoms with Crippen molar-refractivity contribution in [2.45, 2.75) is 6.42 Å². The summed E-state index contributed by atoms with van der Waals surface area (Å²) in [7, 11) is 3.99. The van der Waals surface area contributed by atoms with Gasteiger partial charge in [-0.15, -0.1) is 24.0 Å². The van der Waals surface area contributed by atoms with E-state index in [2.05, 4.69) is 27.4 Å². The molecule has 0 unspecified atom stereocenters. The standard InChI is InChI=1S/C10H17N5.HI/c1-14-8-6-12-10(14)11-5-3-9-4-7-15(2)13-9;/h4,7H,3,5-6,8H2,1-2H3,(H,11,12);1H. The topological polar surface area (TPSA) is 45.5 Å². The van der Waals surface area contributed by atoms with Crippen molar-refractivity contribution in [1.29, 1.82) is 0 Å². The molecule has 0 radical (unpaired) electrons. The Morgan fingerprint density at radius 3 is 2.81 bits per heavy atom. The molecule has 0 spiro atoms. The molecule has 0 fully saturated rings. The summed E-state index contributed by atoms with van der Waals surface area (Å²) in [5.41, 5.74) is 1.12. The van der Waals surface area contributed by atoms with Gasteiger partial charge in [0.2, 0.25) is 0 Å². The Kier molecular flexibility index (Phi) is 5.04. The largest absolute Gasteiger partial charge is 0.356 e. The molecule has 2 heterocycles. The molecule has 0 bridgehead atoms. The zero-order valence-corrected chi connectivity index (χ0v) is 12.0. The van der Waals surface area contributed by atoms with Crippen LogP contribution in [0.15, 0.2) is 17.3 Å². The quantitative estimate of drug-likeness (QED) is 0.817. The van der Waals surface area contributed by atoms with Gasteiger partial charge in [-0.2, -0.15) is 5.10 Å². The highest BCUT2D eigenvalue weighted by Gasteiger charge is 2.10. The SMILES string of the molecule is CN1CCN=C1NCCc1ccn(C)n1.I. The zero-order chi connectivity index (χ0) is 10.7. The molecule has 0 saturated carbocycles. The Morgan fingerprint density at radius 2 is 2.25 bits per heavy atom. The lowest BCUT2D eigenvalue weighted by Crippen LogP contribution is -2.36. The summed E-state index contributed by atoms with van der Waals surface area (Å²) >= 11 is 0.